The van der Waals surface area contributed by atoms with Crippen LogP contribution in [0.2, 0.25) is 0 Å². The van der Waals surface area contributed by atoms with E-state index < -0.39 is 0 Å². The Labute approximate surface area is 107 Å². The number of aryl methyl sites for hydroxylation is 1. The number of para-hydroxylation sites is 1. The summed E-state index contributed by atoms with van der Waals surface area (Å²) >= 11 is 0. The van der Waals surface area contributed by atoms with E-state index in [9.17, 15) is 0 Å². The number of hydrogen-bond donors (Lipinski definition) is 1. The van der Waals surface area contributed by atoms with Crippen molar-refractivity contribution < 1.29 is 4.74 Å². The molecule has 0 fully saturated rings. The fourth-order valence-corrected chi connectivity index (χ4v) is 1.74. The Morgan fingerprint density at radius 2 is 2.17 bits per heavy atom. The molecule has 1 unspecified atom stereocenters. The number of nitrogens with one attached hydrogen (secondary N) is 1. The highest BCUT2D eigenvalue weighted by molar-refractivity contribution is 5.35. The van der Waals surface area contributed by atoms with E-state index in [-0.39, 0.29) is 6.04 Å². The lowest BCUT2D eigenvalue weighted by atomic mass is 10.1. The van der Waals surface area contributed by atoms with Gasteiger partial charge in [-0.3, -0.25) is 4.68 Å². The number of aromatic nitrogens is 3. The fourth-order valence-electron chi connectivity index (χ4n) is 1.74. The third kappa shape index (κ3) is 2.87. The van der Waals surface area contributed by atoms with Gasteiger partial charge < -0.3 is 10.1 Å². The second-order valence-corrected chi connectivity index (χ2v) is 4.22. The van der Waals surface area contributed by atoms with Gasteiger partial charge in [0.2, 0.25) is 0 Å². The molecule has 2 aromatic rings. The molecular formula is C13H18N4O. The van der Waals surface area contributed by atoms with Crippen molar-refractivity contribution in [2.24, 2.45) is 7.05 Å². The minimum atomic E-state index is 0.253. The van der Waals surface area contributed by atoms with Gasteiger partial charge >= 0.3 is 0 Å². The van der Waals surface area contributed by atoms with Crippen LogP contribution in [0.4, 0.5) is 0 Å². The van der Waals surface area contributed by atoms with Crippen molar-refractivity contribution in [2.75, 3.05) is 7.05 Å². The first-order chi connectivity index (χ1) is 8.70. The highest BCUT2D eigenvalue weighted by atomic mass is 16.5. The summed E-state index contributed by atoms with van der Waals surface area (Å²) in [6.07, 6.45) is 1.85. The van der Waals surface area contributed by atoms with Crippen molar-refractivity contribution in [3.8, 4) is 5.75 Å². The number of rotatable bonds is 5. The molecule has 2 rings (SSSR count). The molecule has 96 valence electrons. The Morgan fingerprint density at radius 3 is 2.83 bits per heavy atom. The predicted octanol–water partition coefficient (Wildman–Crippen LogP) is 1.67. The Hall–Kier alpha value is -1.88. The smallest absolute Gasteiger partial charge is 0.134 e. The predicted molar refractivity (Wildman–Crippen MR) is 69.3 cm³/mol. The zero-order valence-electron chi connectivity index (χ0n) is 10.9. The molecule has 1 N–H and O–H groups in total. The van der Waals surface area contributed by atoms with Gasteiger partial charge in [0.15, 0.2) is 0 Å². The Bertz CT molecular complexity index is 509. The normalized spacial score (nSPS) is 12.4. The molecule has 0 saturated carbocycles. The number of ether oxygens (including phenoxy) is 1. The number of hydrogen-bond acceptors (Lipinski definition) is 4. The molecule has 5 heteroatoms. The summed E-state index contributed by atoms with van der Waals surface area (Å²) in [5.41, 5.74) is 1.97. The van der Waals surface area contributed by atoms with E-state index in [4.69, 9.17) is 4.74 Å². The molecule has 1 aromatic carbocycles. The SMILES string of the molecule is CNC(C)c1ccccc1OCc1cn(C)nn1. The van der Waals surface area contributed by atoms with Gasteiger partial charge in [-0.05, 0) is 20.0 Å². The van der Waals surface area contributed by atoms with Crippen LogP contribution in [-0.4, -0.2) is 22.0 Å². The lowest BCUT2D eigenvalue weighted by Crippen LogP contribution is -2.13. The second kappa shape index (κ2) is 5.64. The molecule has 0 spiro atoms. The van der Waals surface area contributed by atoms with Crippen LogP contribution in [0.15, 0.2) is 30.5 Å². The molecule has 0 bridgehead atoms. The largest absolute Gasteiger partial charge is 0.487 e. The molecule has 0 amide bonds. The zero-order chi connectivity index (χ0) is 13.0. The van der Waals surface area contributed by atoms with Gasteiger partial charge in [-0.15, -0.1) is 5.10 Å². The molecule has 0 aliphatic heterocycles. The van der Waals surface area contributed by atoms with Crippen LogP contribution < -0.4 is 10.1 Å². The maximum absolute atomic E-state index is 5.80. The molecule has 0 aliphatic carbocycles. The van der Waals surface area contributed by atoms with Crippen molar-refractivity contribution in [1.29, 1.82) is 0 Å². The molecule has 0 aliphatic rings. The van der Waals surface area contributed by atoms with Crippen LogP contribution in [0.1, 0.15) is 24.2 Å². The lowest BCUT2D eigenvalue weighted by Gasteiger charge is -2.15. The molecule has 0 radical (unpaired) electrons. The third-order valence-electron chi connectivity index (χ3n) is 2.84. The van der Waals surface area contributed by atoms with E-state index in [0.717, 1.165) is 17.0 Å². The molecule has 18 heavy (non-hydrogen) atoms. The van der Waals surface area contributed by atoms with E-state index >= 15 is 0 Å². The monoisotopic (exact) mass is 246 g/mol. The zero-order valence-corrected chi connectivity index (χ0v) is 10.9. The number of benzene rings is 1. The van der Waals surface area contributed by atoms with Gasteiger partial charge in [-0.25, -0.2) is 0 Å². The summed E-state index contributed by atoms with van der Waals surface area (Å²) in [6, 6.07) is 8.27. The molecule has 0 saturated heterocycles. The summed E-state index contributed by atoms with van der Waals surface area (Å²) in [6.45, 7) is 2.53. The van der Waals surface area contributed by atoms with Gasteiger partial charge in [0.25, 0.3) is 0 Å². The first-order valence-corrected chi connectivity index (χ1v) is 5.95. The molecular weight excluding hydrogens is 228 g/mol. The number of nitrogens with zero attached hydrogens (tertiary/aromatic N) is 3. The standard InChI is InChI=1S/C13H18N4O/c1-10(14-2)12-6-4-5-7-13(12)18-9-11-8-17(3)16-15-11/h4-8,10,14H,9H2,1-3H3. The maximum atomic E-state index is 5.80. The van der Waals surface area contributed by atoms with Gasteiger partial charge in [0.05, 0.1) is 6.20 Å². The molecule has 5 nitrogen and oxygen atoms in total. The van der Waals surface area contributed by atoms with Gasteiger partial charge in [-0.1, -0.05) is 23.4 Å². The summed E-state index contributed by atoms with van der Waals surface area (Å²) in [7, 11) is 3.78. The quantitative estimate of drug-likeness (QED) is 0.872. The molecule has 1 atom stereocenters. The van der Waals surface area contributed by atoms with Crippen LogP contribution in [0.5, 0.6) is 5.75 Å². The fraction of sp³-hybridized carbons (Fsp3) is 0.385. The van der Waals surface area contributed by atoms with Crippen LogP contribution in [0.25, 0.3) is 0 Å². The third-order valence-corrected chi connectivity index (χ3v) is 2.84. The Morgan fingerprint density at radius 1 is 1.39 bits per heavy atom. The van der Waals surface area contributed by atoms with Crippen LogP contribution in [-0.2, 0) is 13.7 Å². The van der Waals surface area contributed by atoms with Crippen molar-refractivity contribution >= 4 is 0 Å². The van der Waals surface area contributed by atoms with Crippen molar-refractivity contribution in [1.82, 2.24) is 20.3 Å². The molecule has 1 aromatic heterocycles. The second-order valence-electron chi connectivity index (χ2n) is 4.22. The van der Waals surface area contributed by atoms with Crippen molar-refractivity contribution in [3.05, 3.63) is 41.7 Å². The maximum Gasteiger partial charge on any atom is 0.134 e. The molecule has 1 heterocycles. The summed E-state index contributed by atoms with van der Waals surface area (Å²) in [4.78, 5) is 0. The van der Waals surface area contributed by atoms with Gasteiger partial charge in [0.1, 0.15) is 18.1 Å². The summed E-state index contributed by atoms with van der Waals surface area (Å²) in [5.74, 6) is 0.880. The first kappa shape index (κ1) is 12.6. The van der Waals surface area contributed by atoms with E-state index in [1.54, 1.807) is 4.68 Å². The highest BCUT2D eigenvalue weighted by Gasteiger charge is 2.09. The van der Waals surface area contributed by atoms with E-state index in [1.807, 2.05) is 38.5 Å². The Balaban J connectivity index is 2.09. The first-order valence-electron chi connectivity index (χ1n) is 5.95. The van der Waals surface area contributed by atoms with Crippen molar-refractivity contribution in [3.63, 3.8) is 0 Å². The topological polar surface area (TPSA) is 52.0 Å². The van der Waals surface area contributed by atoms with E-state index in [1.165, 1.54) is 0 Å². The van der Waals surface area contributed by atoms with Crippen LogP contribution >= 0.6 is 0 Å². The minimum absolute atomic E-state index is 0.253. The minimum Gasteiger partial charge on any atom is -0.487 e. The van der Waals surface area contributed by atoms with E-state index in [2.05, 4.69) is 28.6 Å². The lowest BCUT2D eigenvalue weighted by molar-refractivity contribution is 0.295. The van der Waals surface area contributed by atoms with Gasteiger partial charge in [0, 0.05) is 18.7 Å². The van der Waals surface area contributed by atoms with E-state index in [0.29, 0.717) is 6.61 Å². The van der Waals surface area contributed by atoms with Crippen LogP contribution in [0, 0.1) is 0 Å². The highest BCUT2D eigenvalue weighted by Crippen LogP contribution is 2.24. The summed E-state index contributed by atoms with van der Waals surface area (Å²) in [5, 5.41) is 11.1. The van der Waals surface area contributed by atoms with Crippen LogP contribution in [0.3, 0.4) is 0 Å². The average Bonchev–Trinajstić information content (AvgIpc) is 2.81. The summed E-state index contributed by atoms with van der Waals surface area (Å²) < 4.78 is 7.47. The Kier molecular flexibility index (Phi) is 3.94. The van der Waals surface area contributed by atoms with Crippen molar-refractivity contribution in [2.45, 2.75) is 19.6 Å². The van der Waals surface area contributed by atoms with Gasteiger partial charge in [-0.2, -0.15) is 0 Å². The average molecular weight is 246 g/mol.